The van der Waals surface area contributed by atoms with Gasteiger partial charge in [-0.2, -0.15) is 0 Å². The van der Waals surface area contributed by atoms with Crippen molar-refractivity contribution in [3.05, 3.63) is 35.9 Å². The lowest BCUT2D eigenvalue weighted by atomic mass is 10.2. The van der Waals surface area contributed by atoms with Crippen molar-refractivity contribution in [1.29, 1.82) is 0 Å². The van der Waals surface area contributed by atoms with Gasteiger partial charge >= 0.3 is 0 Å². The van der Waals surface area contributed by atoms with Crippen LogP contribution in [0, 0.1) is 0 Å². The minimum Gasteiger partial charge on any atom is -0.302 e. The van der Waals surface area contributed by atoms with Crippen molar-refractivity contribution in [1.82, 2.24) is 11.0 Å². The van der Waals surface area contributed by atoms with Crippen molar-refractivity contribution in [2.24, 2.45) is 0 Å². The molecule has 0 atom stereocenters. The first-order valence-corrected chi connectivity index (χ1v) is 4.09. The van der Waals surface area contributed by atoms with E-state index in [1.165, 1.54) is 0 Å². The van der Waals surface area contributed by atoms with Crippen LogP contribution in [-0.2, 0) is 6.54 Å². The van der Waals surface area contributed by atoms with Gasteiger partial charge in [-0.15, -0.1) is 5.59 Å². The van der Waals surface area contributed by atoms with Crippen LogP contribution in [0.5, 0.6) is 0 Å². The second-order valence-corrected chi connectivity index (χ2v) is 1.95. The standard InChI is InChI=1S/C7H10N2O.C2H6/c10-9-8-6-7-4-2-1-3-5-7;1-2/h1-5,8-10H,6H2;1-2H3. The van der Waals surface area contributed by atoms with Crippen molar-refractivity contribution in [3.63, 3.8) is 0 Å². The van der Waals surface area contributed by atoms with E-state index < -0.39 is 0 Å². The maximum absolute atomic E-state index is 8.17. The maximum Gasteiger partial charge on any atom is 0.0372 e. The maximum atomic E-state index is 8.17. The third-order valence-electron chi connectivity index (χ3n) is 1.21. The summed E-state index contributed by atoms with van der Waals surface area (Å²) >= 11 is 0. The first kappa shape index (κ1) is 11.1. The van der Waals surface area contributed by atoms with Crippen molar-refractivity contribution in [2.75, 3.05) is 0 Å². The Morgan fingerprint density at radius 3 is 2.25 bits per heavy atom. The number of hydrogen-bond acceptors (Lipinski definition) is 3. The van der Waals surface area contributed by atoms with Crippen LogP contribution >= 0.6 is 0 Å². The van der Waals surface area contributed by atoms with Gasteiger partial charge in [-0.1, -0.05) is 44.2 Å². The fraction of sp³-hybridized carbons (Fsp3) is 0.333. The molecule has 0 aliphatic carbocycles. The average Bonchev–Trinajstić information content (AvgIpc) is 2.19. The Bertz CT molecular complexity index is 177. The normalized spacial score (nSPS) is 8.58. The van der Waals surface area contributed by atoms with Crippen molar-refractivity contribution >= 4 is 0 Å². The molecule has 1 rings (SSSR count). The molecule has 1 aromatic rings. The summed E-state index contributed by atoms with van der Waals surface area (Å²) in [4.78, 5) is 0. The Hall–Kier alpha value is -0.900. The zero-order valence-electron chi connectivity index (χ0n) is 7.54. The summed E-state index contributed by atoms with van der Waals surface area (Å²) in [7, 11) is 0. The zero-order chi connectivity index (χ0) is 9.23. The Labute approximate surface area is 73.4 Å². The number of hydrazine groups is 1. The zero-order valence-corrected chi connectivity index (χ0v) is 7.54. The third-order valence-corrected chi connectivity index (χ3v) is 1.21. The van der Waals surface area contributed by atoms with Gasteiger partial charge in [0.05, 0.1) is 0 Å². The van der Waals surface area contributed by atoms with Crippen LogP contribution in [0.2, 0.25) is 0 Å². The number of rotatable bonds is 3. The first-order valence-electron chi connectivity index (χ1n) is 4.09. The van der Waals surface area contributed by atoms with E-state index in [4.69, 9.17) is 5.21 Å². The molecule has 0 spiro atoms. The van der Waals surface area contributed by atoms with Crippen molar-refractivity contribution in [3.8, 4) is 0 Å². The molecule has 0 fully saturated rings. The van der Waals surface area contributed by atoms with Gasteiger partial charge in [0.25, 0.3) is 0 Å². The molecule has 0 saturated carbocycles. The van der Waals surface area contributed by atoms with Crippen LogP contribution < -0.4 is 11.0 Å². The van der Waals surface area contributed by atoms with Gasteiger partial charge in [0.2, 0.25) is 0 Å². The minimum absolute atomic E-state index is 0.622. The summed E-state index contributed by atoms with van der Waals surface area (Å²) in [6, 6.07) is 9.81. The van der Waals surface area contributed by atoms with Crippen LogP contribution in [0.4, 0.5) is 0 Å². The van der Waals surface area contributed by atoms with Crippen molar-refractivity contribution in [2.45, 2.75) is 20.4 Å². The lowest BCUT2D eigenvalue weighted by molar-refractivity contribution is 0.118. The lowest BCUT2D eigenvalue weighted by Gasteiger charge is -1.99. The summed E-state index contributed by atoms with van der Waals surface area (Å²) in [6.07, 6.45) is 0. The summed E-state index contributed by atoms with van der Waals surface area (Å²) in [5.41, 5.74) is 5.57. The second kappa shape index (κ2) is 8.20. The van der Waals surface area contributed by atoms with Crippen molar-refractivity contribution < 1.29 is 5.21 Å². The Morgan fingerprint density at radius 2 is 1.75 bits per heavy atom. The molecule has 0 aromatic heterocycles. The van der Waals surface area contributed by atoms with E-state index in [0.29, 0.717) is 6.54 Å². The van der Waals surface area contributed by atoms with Gasteiger partial charge in [0.15, 0.2) is 0 Å². The van der Waals surface area contributed by atoms with E-state index in [1.807, 2.05) is 49.8 Å². The highest BCUT2D eigenvalue weighted by molar-refractivity contribution is 5.13. The van der Waals surface area contributed by atoms with Crippen LogP contribution in [0.15, 0.2) is 30.3 Å². The van der Waals surface area contributed by atoms with Gasteiger partial charge in [0.1, 0.15) is 0 Å². The largest absolute Gasteiger partial charge is 0.302 e. The summed E-state index contributed by atoms with van der Waals surface area (Å²) in [6.45, 7) is 4.62. The molecule has 0 heterocycles. The summed E-state index contributed by atoms with van der Waals surface area (Å²) in [5, 5.41) is 8.17. The quantitative estimate of drug-likeness (QED) is 0.602. The van der Waals surface area contributed by atoms with E-state index in [-0.39, 0.29) is 0 Å². The van der Waals surface area contributed by atoms with E-state index in [9.17, 15) is 0 Å². The number of nitrogens with one attached hydrogen (secondary N) is 2. The van der Waals surface area contributed by atoms with Crippen LogP contribution in [0.25, 0.3) is 0 Å². The molecule has 0 unspecified atom stereocenters. The predicted octanol–water partition coefficient (Wildman–Crippen LogP) is 1.70. The highest BCUT2D eigenvalue weighted by Crippen LogP contribution is 1.95. The van der Waals surface area contributed by atoms with E-state index in [2.05, 4.69) is 5.43 Å². The number of benzene rings is 1. The Morgan fingerprint density at radius 1 is 1.17 bits per heavy atom. The third kappa shape index (κ3) is 4.85. The van der Waals surface area contributed by atoms with E-state index in [0.717, 1.165) is 5.56 Å². The van der Waals surface area contributed by atoms with Crippen LogP contribution in [-0.4, -0.2) is 5.21 Å². The monoisotopic (exact) mass is 168 g/mol. The average molecular weight is 168 g/mol. The second-order valence-electron chi connectivity index (χ2n) is 1.95. The highest BCUT2D eigenvalue weighted by atomic mass is 16.5. The first-order chi connectivity index (χ1) is 5.93. The molecule has 12 heavy (non-hydrogen) atoms. The molecule has 3 N–H and O–H groups in total. The van der Waals surface area contributed by atoms with Gasteiger partial charge in [-0.05, 0) is 5.56 Å². The fourth-order valence-corrected chi connectivity index (χ4v) is 0.737. The molecule has 0 aliphatic rings. The highest BCUT2D eigenvalue weighted by Gasteiger charge is 1.86. The molecule has 68 valence electrons. The summed E-state index contributed by atoms with van der Waals surface area (Å²) < 4.78 is 0. The molecule has 0 bridgehead atoms. The molecular weight excluding hydrogens is 152 g/mol. The molecule has 0 radical (unpaired) electrons. The topological polar surface area (TPSA) is 44.3 Å². The minimum atomic E-state index is 0.622. The lowest BCUT2D eigenvalue weighted by Crippen LogP contribution is -2.27. The van der Waals surface area contributed by atoms with Crippen LogP contribution in [0.3, 0.4) is 0 Å². The van der Waals surface area contributed by atoms with E-state index >= 15 is 0 Å². The van der Waals surface area contributed by atoms with Gasteiger partial charge in [0, 0.05) is 6.54 Å². The molecule has 3 nitrogen and oxygen atoms in total. The van der Waals surface area contributed by atoms with E-state index in [1.54, 1.807) is 0 Å². The SMILES string of the molecule is CC.ONNCc1ccccc1. The molecule has 1 aromatic carbocycles. The van der Waals surface area contributed by atoms with Crippen LogP contribution in [0.1, 0.15) is 19.4 Å². The van der Waals surface area contributed by atoms with Gasteiger partial charge in [-0.3, -0.25) is 0 Å². The molecule has 0 saturated heterocycles. The van der Waals surface area contributed by atoms with Gasteiger partial charge in [-0.25, -0.2) is 5.43 Å². The number of hydrogen-bond donors (Lipinski definition) is 3. The fourth-order valence-electron chi connectivity index (χ4n) is 0.737. The molecular formula is C9H16N2O. The molecule has 3 heteroatoms. The smallest absolute Gasteiger partial charge is 0.0372 e. The molecule has 0 amide bonds. The Kier molecular flexibility index (Phi) is 7.58. The molecule has 0 aliphatic heterocycles. The Balaban J connectivity index is 0.000000561. The predicted molar refractivity (Wildman–Crippen MR) is 49.6 cm³/mol. The summed E-state index contributed by atoms with van der Waals surface area (Å²) in [5.74, 6) is 0. The van der Waals surface area contributed by atoms with Gasteiger partial charge < -0.3 is 5.21 Å².